The molecule has 0 N–H and O–H groups in total. The van der Waals surface area contributed by atoms with Gasteiger partial charge in [0.2, 0.25) is 5.09 Å². The first-order valence-corrected chi connectivity index (χ1v) is 10.3. The molecule has 124 valence electrons. The van der Waals surface area contributed by atoms with Crippen molar-refractivity contribution < 1.29 is 12.8 Å². The average Bonchev–Trinajstić information content (AvgIpc) is 3.28. The molecule has 0 atom stereocenters. The number of fused-ring (bicyclic) bond motifs is 1. The van der Waals surface area contributed by atoms with Gasteiger partial charge in [0.1, 0.15) is 5.76 Å². The van der Waals surface area contributed by atoms with E-state index in [0.29, 0.717) is 19.6 Å². The lowest BCUT2D eigenvalue weighted by molar-refractivity contribution is 0.220. The molecule has 4 rings (SSSR count). The third kappa shape index (κ3) is 2.98. The molecular formula is C16H20N2O3S2. The number of thiophene rings is 1. The second kappa shape index (κ2) is 6.05. The van der Waals surface area contributed by atoms with Gasteiger partial charge in [0.25, 0.3) is 10.0 Å². The summed E-state index contributed by atoms with van der Waals surface area (Å²) < 4.78 is 32.2. The van der Waals surface area contributed by atoms with Crippen LogP contribution in [0.25, 0.3) is 0 Å². The summed E-state index contributed by atoms with van der Waals surface area (Å²) in [7, 11) is -3.45. The second-order valence-electron chi connectivity index (χ2n) is 6.16. The zero-order valence-electron chi connectivity index (χ0n) is 12.9. The van der Waals surface area contributed by atoms with Crippen LogP contribution in [-0.2, 0) is 29.5 Å². The smallest absolute Gasteiger partial charge is 0.276 e. The molecule has 0 amide bonds. The molecule has 2 aromatic heterocycles. The minimum Gasteiger partial charge on any atom is -0.447 e. The van der Waals surface area contributed by atoms with Crippen molar-refractivity contribution in [3.63, 3.8) is 0 Å². The molecule has 0 spiro atoms. The van der Waals surface area contributed by atoms with Crippen LogP contribution in [0.4, 0.5) is 0 Å². The molecule has 4 heterocycles. The van der Waals surface area contributed by atoms with E-state index in [4.69, 9.17) is 4.42 Å². The number of hydrogen-bond donors (Lipinski definition) is 0. The van der Waals surface area contributed by atoms with E-state index in [-0.39, 0.29) is 5.09 Å². The molecule has 1 saturated heterocycles. The van der Waals surface area contributed by atoms with Gasteiger partial charge in [0.05, 0.1) is 6.54 Å². The molecule has 1 fully saturated rings. The molecule has 0 aromatic carbocycles. The van der Waals surface area contributed by atoms with Gasteiger partial charge in [0.15, 0.2) is 0 Å². The van der Waals surface area contributed by atoms with Gasteiger partial charge in [-0.2, -0.15) is 4.31 Å². The molecule has 23 heavy (non-hydrogen) atoms. The van der Waals surface area contributed by atoms with Gasteiger partial charge in [-0.25, -0.2) is 8.42 Å². The van der Waals surface area contributed by atoms with Crippen LogP contribution in [0.2, 0.25) is 0 Å². The summed E-state index contributed by atoms with van der Waals surface area (Å²) in [6.07, 6.45) is 2.93. The lowest BCUT2D eigenvalue weighted by Gasteiger charge is -2.25. The molecule has 2 aliphatic rings. The topological polar surface area (TPSA) is 53.8 Å². The van der Waals surface area contributed by atoms with Crippen molar-refractivity contribution in [2.75, 3.05) is 19.6 Å². The number of nitrogens with zero attached hydrogens (tertiary/aromatic N) is 2. The molecule has 2 aromatic rings. The maximum Gasteiger partial charge on any atom is 0.276 e. The normalized spacial score (nSPS) is 20.0. The Morgan fingerprint density at radius 3 is 2.78 bits per heavy atom. The molecule has 0 saturated carbocycles. The Kier molecular flexibility index (Phi) is 4.05. The molecule has 7 heteroatoms. The predicted molar refractivity (Wildman–Crippen MR) is 88.8 cm³/mol. The van der Waals surface area contributed by atoms with Gasteiger partial charge in [-0.1, -0.05) is 0 Å². The molecule has 5 nitrogen and oxygen atoms in total. The van der Waals surface area contributed by atoms with Crippen molar-refractivity contribution >= 4 is 21.4 Å². The monoisotopic (exact) mass is 352 g/mol. The third-order valence-electron chi connectivity index (χ3n) is 4.56. The van der Waals surface area contributed by atoms with Crippen molar-refractivity contribution in [3.05, 3.63) is 39.8 Å². The summed E-state index contributed by atoms with van der Waals surface area (Å²) in [5.41, 5.74) is 1.39. The standard InChI is InChI=1S/C16H20N2O3S2/c19-23(20,18-7-1-2-8-18)16-4-3-14(21-16)12-17-9-5-15-13(11-17)6-10-22-15/h3-4,6,10H,1-2,5,7-9,11-12H2. The quantitative estimate of drug-likeness (QED) is 0.849. The number of rotatable bonds is 4. The fourth-order valence-corrected chi connectivity index (χ4v) is 5.64. The lowest BCUT2D eigenvalue weighted by atomic mass is 10.1. The highest BCUT2D eigenvalue weighted by Crippen LogP contribution is 2.27. The SMILES string of the molecule is O=S(=O)(c1ccc(CN2CCc3sccc3C2)o1)N1CCCC1. The van der Waals surface area contributed by atoms with Crippen molar-refractivity contribution in [3.8, 4) is 0 Å². The zero-order chi connectivity index (χ0) is 15.9. The Bertz CT molecular complexity index is 788. The molecule has 0 bridgehead atoms. The second-order valence-corrected chi connectivity index (χ2v) is 9.03. The minimum atomic E-state index is -3.45. The Balaban J connectivity index is 1.46. The average molecular weight is 352 g/mol. The van der Waals surface area contributed by atoms with Crippen LogP contribution in [0.3, 0.4) is 0 Å². The number of furan rings is 1. The highest BCUT2D eigenvalue weighted by atomic mass is 32.2. The molecule has 0 aliphatic carbocycles. The number of sulfonamides is 1. The molecular weight excluding hydrogens is 332 g/mol. The largest absolute Gasteiger partial charge is 0.447 e. The molecule has 0 unspecified atom stereocenters. The lowest BCUT2D eigenvalue weighted by Crippen LogP contribution is -2.29. The van der Waals surface area contributed by atoms with Crippen molar-refractivity contribution in [1.82, 2.24) is 9.21 Å². The van der Waals surface area contributed by atoms with Crippen molar-refractivity contribution in [2.45, 2.75) is 37.4 Å². The van der Waals surface area contributed by atoms with E-state index in [1.54, 1.807) is 12.1 Å². The Morgan fingerprint density at radius 1 is 1.13 bits per heavy atom. The van der Waals surface area contributed by atoms with Gasteiger partial charge >= 0.3 is 0 Å². The van der Waals surface area contributed by atoms with Gasteiger partial charge in [0, 0.05) is 31.1 Å². The first kappa shape index (κ1) is 15.4. The maximum atomic E-state index is 12.5. The maximum absolute atomic E-state index is 12.5. The summed E-state index contributed by atoms with van der Waals surface area (Å²) in [5, 5.41) is 2.23. The summed E-state index contributed by atoms with van der Waals surface area (Å²) >= 11 is 1.82. The van der Waals surface area contributed by atoms with Crippen LogP contribution < -0.4 is 0 Å². The third-order valence-corrected chi connectivity index (χ3v) is 7.36. The van der Waals surface area contributed by atoms with Crippen LogP contribution in [0.1, 0.15) is 29.0 Å². The van der Waals surface area contributed by atoms with Gasteiger partial charge in [-0.15, -0.1) is 11.3 Å². The first-order valence-electron chi connectivity index (χ1n) is 7.99. The van der Waals surface area contributed by atoms with Crippen molar-refractivity contribution in [2.24, 2.45) is 0 Å². The summed E-state index contributed by atoms with van der Waals surface area (Å²) in [6.45, 7) is 3.76. The van der Waals surface area contributed by atoms with Crippen LogP contribution in [0.5, 0.6) is 0 Å². The van der Waals surface area contributed by atoms with Gasteiger partial charge < -0.3 is 4.42 Å². The van der Waals surface area contributed by atoms with Crippen LogP contribution in [-0.4, -0.2) is 37.3 Å². The van der Waals surface area contributed by atoms with Crippen LogP contribution in [0, 0.1) is 0 Å². The Labute approximate surface area is 140 Å². The molecule has 0 radical (unpaired) electrons. The van der Waals surface area contributed by atoms with E-state index >= 15 is 0 Å². The van der Waals surface area contributed by atoms with E-state index in [2.05, 4.69) is 16.3 Å². The predicted octanol–water partition coefficient (Wildman–Crippen LogP) is 2.68. The van der Waals surface area contributed by atoms with E-state index in [1.165, 1.54) is 14.7 Å². The highest BCUT2D eigenvalue weighted by Gasteiger charge is 2.30. The van der Waals surface area contributed by atoms with Gasteiger partial charge in [-0.05, 0) is 48.4 Å². The number of hydrogen-bond acceptors (Lipinski definition) is 5. The summed E-state index contributed by atoms with van der Waals surface area (Å²) in [4.78, 5) is 3.78. The minimum absolute atomic E-state index is 0.0858. The van der Waals surface area contributed by atoms with E-state index in [1.807, 2.05) is 11.3 Å². The first-order chi connectivity index (χ1) is 11.1. The van der Waals surface area contributed by atoms with E-state index in [0.717, 1.165) is 38.1 Å². The van der Waals surface area contributed by atoms with Crippen molar-refractivity contribution in [1.29, 1.82) is 0 Å². The highest BCUT2D eigenvalue weighted by molar-refractivity contribution is 7.89. The summed E-state index contributed by atoms with van der Waals surface area (Å²) in [6, 6.07) is 5.58. The van der Waals surface area contributed by atoms with Gasteiger partial charge in [-0.3, -0.25) is 4.90 Å². The Hall–Kier alpha value is -1.15. The Morgan fingerprint density at radius 2 is 1.96 bits per heavy atom. The van der Waals surface area contributed by atoms with Crippen LogP contribution in [0.15, 0.2) is 33.1 Å². The fraction of sp³-hybridized carbons (Fsp3) is 0.500. The molecule has 2 aliphatic heterocycles. The van der Waals surface area contributed by atoms with Crippen LogP contribution >= 0.6 is 11.3 Å². The fourth-order valence-electron chi connectivity index (χ4n) is 3.30. The zero-order valence-corrected chi connectivity index (χ0v) is 14.5. The van der Waals surface area contributed by atoms with E-state index < -0.39 is 10.0 Å². The summed E-state index contributed by atoms with van der Waals surface area (Å²) in [5.74, 6) is 0.724. The van der Waals surface area contributed by atoms with E-state index in [9.17, 15) is 8.42 Å².